The van der Waals surface area contributed by atoms with Crippen LogP contribution in [0.25, 0.3) is 0 Å². The molecule has 2 aromatic carbocycles. The SMILES string of the molecule is CC(C)C[C@H](NC(=O)[C@@H](NC(=O)CCCCCCCCCCCCCCC(=O)N[C@@H](CCCCN)C(=O)N[C@@H](Cc1ccccc1)C(=O)O)[C@@H](C)O)C(=O)N[C@@H](Cc1ccccc1)C(N)=O. The number of aliphatic hydroxyl groups excluding tert-OH is 1. The largest absolute Gasteiger partial charge is 0.480 e. The van der Waals surface area contributed by atoms with Crippen molar-refractivity contribution in [2.24, 2.45) is 17.4 Å². The molecule has 0 unspecified atom stereocenters. The molecule has 0 aromatic heterocycles. The number of unbranched alkanes of at least 4 members (excludes halogenated alkanes) is 12. The van der Waals surface area contributed by atoms with Crippen LogP contribution in [0.1, 0.15) is 147 Å². The molecule has 2 aromatic rings. The van der Waals surface area contributed by atoms with Crippen molar-refractivity contribution in [3.63, 3.8) is 0 Å². The second kappa shape index (κ2) is 33.2. The van der Waals surface area contributed by atoms with Crippen molar-refractivity contribution in [1.82, 2.24) is 26.6 Å². The molecule has 16 heteroatoms. The van der Waals surface area contributed by atoms with Gasteiger partial charge in [-0.25, -0.2) is 4.79 Å². The molecule has 16 nitrogen and oxygen atoms in total. The van der Waals surface area contributed by atoms with Crippen LogP contribution in [0.4, 0.5) is 0 Å². The quantitative estimate of drug-likeness (QED) is 0.0433. The summed E-state index contributed by atoms with van der Waals surface area (Å²) in [6, 6.07) is 13.0. The fraction of sp³-hybridized carbons (Fsp3) is 0.620. The average Bonchev–Trinajstić information content (AvgIpc) is 3.27. The number of rotatable bonds is 36. The number of aliphatic hydroxyl groups is 1. The summed E-state index contributed by atoms with van der Waals surface area (Å²) in [5.74, 6) is -4.22. The molecule has 0 bridgehead atoms. The third-order valence-corrected chi connectivity index (χ3v) is 11.4. The molecule has 2 rings (SSSR count). The van der Waals surface area contributed by atoms with E-state index in [4.69, 9.17) is 11.5 Å². The highest BCUT2D eigenvalue weighted by molar-refractivity contribution is 5.94. The molecule has 0 radical (unpaired) electrons. The van der Waals surface area contributed by atoms with Gasteiger partial charge in [-0.1, -0.05) is 139 Å². The molecule has 368 valence electrons. The van der Waals surface area contributed by atoms with E-state index in [9.17, 15) is 43.8 Å². The number of benzene rings is 2. The lowest BCUT2D eigenvalue weighted by Gasteiger charge is -2.26. The van der Waals surface area contributed by atoms with Crippen molar-refractivity contribution in [3.8, 4) is 0 Å². The molecule has 0 saturated carbocycles. The highest BCUT2D eigenvalue weighted by Crippen LogP contribution is 2.15. The summed E-state index contributed by atoms with van der Waals surface area (Å²) in [4.78, 5) is 89.4. The minimum absolute atomic E-state index is 0.00314. The maximum Gasteiger partial charge on any atom is 0.326 e. The number of hydrogen-bond acceptors (Lipinski definition) is 9. The number of aliphatic carboxylic acids is 1. The second-order valence-corrected chi connectivity index (χ2v) is 17.9. The average molecular weight is 922 g/mol. The van der Waals surface area contributed by atoms with Gasteiger partial charge in [0.15, 0.2) is 0 Å². The van der Waals surface area contributed by atoms with Crippen molar-refractivity contribution in [1.29, 1.82) is 0 Å². The Morgan fingerprint density at radius 3 is 1.38 bits per heavy atom. The van der Waals surface area contributed by atoms with Gasteiger partial charge >= 0.3 is 5.97 Å². The lowest BCUT2D eigenvalue weighted by Crippen LogP contribution is -2.59. The zero-order valence-corrected chi connectivity index (χ0v) is 39.6. The summed E-state index contributed by atoms with van der Waals surface area (Å²) >= 11 is 0. The molecule has 0 heterocycles. The van der Waals surface area contributed by atoms with Crippen LogP contribution in [0.5, 0.6) is 0 Å². The molecule has 66 heavy (non-hydrogen) atoms. The number of hydrogen-bond donors (Lipinski definition) is 9. The van der Waals surface area contributed by atoms with E-state index in [1.807, 2.05) is 62.4 Å². The van der Waals surface area contributed by atoms with Gasteiger partial charge in [0.05, 0.1) is 6.10 Å². The number of carboxylic acids is 1. The first-order chi connectivity index (χ1) is 31.6. The lowest BCUT2D eigenvalue weighted by atomic mass is 10.0. The van der Waals surface area contributed by atoms with Crippen LogP contribution in [0.15, 0.2) is 60.7 Å². The highest BCUT2D eigenvalue weighted by Gasteiger charge is 2.32. The maximum absolute atomic E-state index is 13.3. The Hall–Kier alpha value is -5.35. The van der Waals surface area contributed by atoms with Crippen molar-refractivity contribution < 1.29 is 43.8 Å². The summed E-state index contributed by atoms with van der Waals surface area (Å²) in [5.41, 5.74) is 12.8. The minimum atomic E-state index is -1.27. The first kappa shape index (κ1) is 56.8. The zero-order valence-electron chi connectivity index (χ0n) is 39.6. The molecule has 11 N–H and O–H groups in total. The highest BCUT2D eigenvalue weighted by atomic mass is 16.4. The van der Waals surface area contributed by atoms with Crippen LogP contribution < -0.4 is 38.1 Å². The van der Waals surface area contributed by atoms with Crippen LogP contribution >= 0.6 is 0 Å². The van der Waals surface area contributed by atoms with Crippen LogP contribution in [0.2, 0.25) is 0 Å². The standard InChI is InChI=1S/C50H79N7O9/c1-35(2)32-41(48(63)54-40(46(52)61)33-37-24-16-14-17-25-37)55-49(64)45(36(3)58)57-44(60)30-21-13-11-9-7-5-4-6-8-10-12-20-29-43(59)53-39(28-22-23-31-51)47(62)56-42(50(65)66)34-38-26-18-15-19-27-38/h14-19,24-27,35-36,39-42,45,58H,4-13,20-23,28-34,51H2,1-3H3,(H2,52,61)(H,53,59)(H,54,63)(H,55,64)(H,56,62)(H,57,60)(H,65,66)/t36-,39+,40+,41+,42+,45+/m1/s1. The lowest BCUT2D eigenvalue weighted by molar-refractivity contribution is -0.142. The fourth-order valence-corrected chi connectivity index (χ4v) is 7.65. The Morgan fingerprint density at radius 1 is 0.515 bits per heavy atom. The Bertz CT molecular complexity index is 1750. The monoisotopic (exact) mass is 922 g/mol. The summed E-state index contributed by atoms with van der Waals surface area (Å²) in [6.45, 7) is 5.63. The molecular weight excluding hydrogens is 843 g/mol. The van der Waals surface area contributed by atoms with E-state index in [0.29, 0.717) is 45.1 Å². The second-order valence-electron chi connectivity index (χ2n) is 17.9. The Morgan fingerprint density at radius 2 is 0.939 bits per heavy atom. The topological polar surface area (TPSA) is 272 Å². The number of amides is 6. The van der Waals surface area contributed by atoms with Gasteiger partial charge in [0.2, 0.25) is 35.4 Å². The Balaban J connectivity index is 1.62. The maximum atomic E-state index is 13.3. The van der Waals surface area contributed by atoms with E-state index in [1.165, 1.54) is 6.92 Å². The van der Waals surface area contributed by atoms with Crippen molar-refractivity contribution in [3.05, 3.63) is 71.8 Å². The third kappa shape index (κ3) is 24.8. The van der Waals surface area contributed by atoms with Gasteiger partial charge in [0, 0.05) is 25.7 Å². The normalized spacial score (nSPS) is 13.9. The molecule has 6 atom stereocenters. The summed E-state index contributed by atoms with van der Waals surface area (Å²) in [6.07, 6.45) is 13.2. The predicted octanol–water partition coefficient (Wildman–Crippen LogP) is 4.48. The molecule has 0 saturated heterocycles. The third-order valence-electron chi connectivity index (χ3n) is 11.4. The van der Waals surface area contributed by atoms with E-state index in [0.717, 1.165) is 75.3 Å². The van der Waals surface area contributed by atoms with E-state index in [1.54, 1.807) is 12.1 Å². The van der Waals surface area contributed by atoms with Gasteiger partial charge in [-0.3, -0.25) is 28.8 Å². The summed E-state index contributed by atoms with van der Waals surface area (Å²) in [7, 11) is 0. The van der Waals surface area contributed by atoms with E-state index < -0.39 is 65.9 Å². The molecule has 0 aliphatic carbocycles. The first-order valence-electron chi connectivity index (χ1n) is 24.1. The van der Waals surface area contributed by atoms with Gasteiger partial charge in [-0.05, 0) is 69.0 Å². The number of carboxylic acid groups (broad SMARTS) is 1. The van der Waals surface area contributed by atoms with Gasteiger partial charge in [0.25, 0.3) is 0 Å². The van der Waals surface area contributed by atoms with E-state index in [2.05, 4.69) is 26.6 Å². The molecule has 6 amide bonds. The molecule has 0 spiro atoms. The Labute approximate surface area is 392 Å². The van der Waals surface area contributed by atoms with Gasteiger partial charge in [-0.2, -0.15) is 0 Å². The minimum Gasteiger partial charge on any atom is -0.480 e. The predicted molar refractivity (Wildman–Crippen MR) is 255 cm³/mol. The van der Waals surface area contributed by atoms with Crippen LogP contribution in [-0.2, 0) is 46.4 Å². The zero-order chi connectivity index (χ0) is 48.7. The molecule has 0 aliphatic rings. The number of primary amides is 1. The smallest absolute Gasteiger partial charge is 0.326 e. The Kier molecular flexibility index (Phi) is 28.5. The number of nitrogens with one attached hydrogen (secondary N) is 5. The molecule has 0 fully saturated rings. The molecular formula is C50H79N7O9. The number of nitrogens with two attached hydrogens (primary N) is 2. The van der Waals surface area contributed by atoms with Crippen LogP contribution in [0, 0.1) is 5.92 Å². The van der Waals surface area contributed by atoms with Gasteiger partial charge in [-0.15, -0.1) is 0 Å². The fourth-order valence-electron chi connectivity index (χ4n) is 7.65. The summed E-state index contributed by atoms with van der Waals surface area (Å²) < 4.78 is 0. The van der Waals surface area contributed by atoms with E-state index >= 15 is 0 Å². The first-order valence-corrected chi connectivity index (χ1v) is 24.1. The van der Waals surface area contributed by atoms with Gasteiger partial charge in [0.1, 0.15) is 30.2 Å². The van der Waals surface area contributed by atoms with E-state index in [-0.39, 0.29) is 43.4 Å². The molecule has 0 aliphatic heterocycles. The van der Waals surface area contributed by atoms with Crippen molar-refractivity contribution >= 4 is 41.4 Å². The number of carbonyl (C=O) groups is 7. The van der Waals surface area contributed by atoms with Crippen molar-refractivity contribution in [2.45, 2.75) is 186 Å². The number of carbonyl (C=O) groups excluding carboxylic acids is 6. The van der Waals surface area contributed by atoms with Crippen LogP contribution in [-0.4, -0.2) is 94.5 Å². The van der Waals surface area contributed by atoms with Gasteiger partial charge < -0.3 is 48.3 Å². The van der Waals surface area contributed by atoms with Crippen LogP contribution in [0.3, 0.4) is 0 Å². The van der Waals surface area contributed by atoms with Crippen molar-refractivity contribution in [2.75, 3.05) is 6.54 Å². The summed E-state index contributed by atoms with van der Waals surface area (Å²) in [5, 5.41) is 33.5.